The molecule has 0 spiro atoms. The molecule has 10 heteroatoms. The van der Waals surface area contributed by atoms with Crippen LogP contribution in [0, 0.1) is 22.7 Å². The third-order valence-corrected chi connectivity index (χ3v) is 8.79. The minimum atomic E-state index is -0.350. The van der Waals surface area contributed by atoms with E-state index in [-0.39, 0.29) is 12.1 Å². The van der Waals surface area contributed by atoms with E-state index in [2.05, 4.69) is 68.2 Å². The summed E-state index contributed by atoms with van der Waals surface area (Å²) in [6.07, 6.45) is 6.56. The average Bonchev–Trinajstić information content (AvgIpc) is 3.57. The molecule has 0 bridgehead atoms. The van der Waals surface area contributed by atoms with Crippen molar-refractivity contribution in [3.63, 3.8) is 0 Å². The lowest BCUT2D eigenvalue weighted by Gasteiger charge is -2.22. The maximum absolute atomic E-state index is 10.2. The van der Waals surface area contributed by atoms with Crippen molar-refractivity contribution >= 4 is 43.8 Å². The number of hydrogen-bond donors (Lipinski definition) is 2. The summed E-state index contributed by atoms with van der Waals surface area (Å²) < 4.78 is 3.00. The molecular formula is C33H27N9S. The molecule has 2 N–H and O–H groups in total. The number of aromatic nitrogens is 5. The van der Waals surface area contributed by atoms with Crippen molar-refractivity contribution in [3.8, 4) is 12.1 Å². The van der Waals surface area contributed by atoms with Gasteiger partial charge >= 0.3 is 0 Å². The zero-order valence-electron chi connectivity index (χ0n) is 23.4. The third-order valence-electron chi connectivity index (χ3n) is 7.89. The summed E-state index contributed by atoms with van der Waals surface area (Å²) in [5.74, 6) is 0. The lowest BCUT2D eigenvalue weighted by Crippen LogP contribution is -2.14. The highest BCUT2D eigenvalue weighted by molar-refractivity contribution is 7.17. The van der Waals surface area contributed by atoms with Gasteiger partial charge in [-0.25, -0.2) is 9.67 Å². The van der Waals surface area contributed by atoms with Crippen molar-refractivity contribution in [1.29, 1.82) is 10.5 Å². The molecule has 1 aliphatic carbocycles. The van der Waals surface area contributed by atoms with Crippen LogP contribution in [0.3, 0.4) is 0 Å². The maximum atomic E-state index is 10.2. The van der Waals surface area contributed by atoms with E-state index in [9.17, 15) is 10.5 Å². The predicted molar refractivity (Wildman–Crippen MR) is 168 cm³/mol. The fourth-order valence-corrected chi connectivity index (χ4v) is 6.38. The number of nitrogens with zero attached hydrogens (tertiary/aromatic N) is 7. The van der Waals surface area contributed by atoms with Gasteiger partial charge in [0.1, 0.15) is 17.8 Å². The van der Waals surface area contributed by atoms with Gasteiger partial charge in [0.25, 0.3) is 0 Å². The fraction of sp³-hybridized carbons (Fsp3) is 0.212. The van der Waals surface area contributed by atoms with Crippen molar-refractivity contribution in [1.82, 2.24) is 25.0 Å². The van der Waals surface area contributed by atoms with Gasteiger partial charge < -0.3 is 10.6 Å². The molecule has 3 aromatic heterocycles. The first-order chi connectivity index (χ1) is 21.2. The standard InChI is InChI=1S/C33H27N9S/c1-2-27(20-7-4-3-5-8-20)39-31-22(16-35)17-36-30-21(15-34)13-23(14-26(30)31)38-32(29-18-42(41-40-29)24-11-12-24)25-9-6-10-28-33(25)43-19-37-28/h3-10,13-14,17-19,24,27,32,38H,2,11-12H2,1H3,(H,36,39)/t27-,32+/m1/s1. The monoisotopic (exact) mass is 581 g/mol. The average molecular weight is 582 g/mol. The molecule has 1 aliphatic rings. The zero-order chi connectivity index (χ0) is 29.3. The highest BCUT2D eigenvalue weighted by atomic mass is 32.1. The minimum Gasteiger partial charge on any atom is -0.377 e. The molecule has 0 saturated heterocycles. The lowest BCUT2D eigenvalue weighted by atomic mass is 10.00. The molecule has 3 heterocycles. The Bertz CT molecular complexity index is 2030. The second kappa shape index (κ2) is 11.2. The van der Waals surface area contributed by atoms with Gasteiger partial charge in [0.15, 0.2) is 0 Å². The molecule has 1 saturated carbocycles. The molecular weight excluding hydrogens is 554 g/mol. The van der Waals surface area contributed by atoms with Crippen LogP contribution in [0.15, 0.2) is 78.6 Å². The number of nitriles is 2. The number of pyridine rings is 1. The van der Waals surface area contributed by atoms with Gasteiger partial charge in [0, 0.05) is 17.3 Å². The van der Waals surface area contributed by atoms with Crippen LogP contribution in [0.1, 0.15) is 72.3 Å². The molecule has 7 rings (SSSR count). The van der Waals surface area contributed by atoms with E-state index in [1.807, 2.05) is 58.9 Å². The summed E-state index contributed by atoms with van der Waals surface area (Å²) in [5.41, 5.74) is 8.43. The molecule has 0 aliphatic heterocycles. The minimum absolute atomic E-state index is 0.0322. The fourth-order valence-electron chi connectivity index (χ4n) is 5.55. The molecule has 0 amide bonds. The first kappa shape index (κ1) is 26.6. The second-order valence-electron chi connectivity index (χ2n) is 10.7. The van der Waals surface area contributed by atoms with Crippen molar-refractivity contribution in [2.45, 2.75) is 44.3 Å². The summed E-state index contributed by atoms with van der Waals surface area (Å²) in [5, 5.41) is 37.3. The first-order valence-electron chi connectivity index (χ1n) is 14.3. The lowest BCUT2D eigenvalue weighted by molar-refractivity contribution is 0.610. The molecule has 0 unspecified atom stereocenters. The molecule has 6 aromatic rings. The highest BCUT2D eigenvalue weighted by Crippen LogP contribution is 2.39. The van der Waals surface area contributed by atoms with Gasteiger partial charge in [-0.1, -0.05) is 54.6 Å². The summed E-state index contributed by atoms with van der Waals surface area (Å²) in [7, 11) is 0. The Kier molecular flexibility index (Phi) is 6.90. The van der Waals surface area contributed by atoms with E-state index < -0.39 is 0 Å². The number of thiazole rings is 1. The molecule has 9 nitrogen and oxygen atoms in total. The topological polar surface area (TPSA) is 128 Å². The zero-order valence-corrected chi connectivity index (χ0v) is 24.2. The van der Waals surface area contributed by atoms with Gasteiger partial charge in [-0.2, -0.15) is 10.5 Å². The number of benzene rings is 3. The van der Waals surface area contributed by atoms with Gasteiger partial charge in [-0.15, -0.1) is 16.4 Å². The van der Waals surface area contributed by atoms with Crippen LogP contribution < -0.4 is 10.6 Å². The molecule has 0 radical (unpaired) electrons. The SMILES string of the molecule is CC[C@@H](Nc1c(C#N)cnc2c(C#N)cc(N[C@H](c3cn(C4CC4)nn3)c3cccc4ncsc34)cc12)c1ccccc1. The van der Waals surface area contributed by atoms with Crippen LogP contribution in [-0.4, -0.2) is 25.0 Å². The van der Waals surface area contributed by atoms with Crippen LogP contribution in [0.5, 0.6) is 0 Å². The van der Waals surface area contributed by atoms with Crippen LogP contribution in [0.2, 0.25) is 0 Å². The van der Waals surface area contributed by atoms with E-state index in [4.69, 9.17) is 0 Å². The molecule has 210 valence electrons. The summed E-state index contributed by atoms with van der Waals surface area (Å²) in [6.45, 7) is 2.10. The van der Waals surface area contributed by atoms with Crippen LogP contribution >= 0.6 is 11.3 Å². The van der Waals surface area contributed by atoms with E-state index >= 15 is 0 Å². The van der Waals surface area contributed by atoms with Crippen molar-refractivity contribution < 1.29 is 0 Å². The Morgan fingerprint density at radius 2 is 1.84 bits per heavy atom. The molecule has 43 heavy (non-hydrogen) atoms. The van der Waals surface area contributed by atoms with Crippen LogP contribution in [0.25, 0.3) is 21.1 Å². The number of anilines is 2. The number of rotatable bonds is 9. The number of nitrogens with one attached hydrogen (secondary N) is 2. The summed E-state index contributed by atoms with van der Waals surface area (Å²) in [6, 6.07) is 24.6. The van der Waals surface area contributed by atoms with Gasteiger partial charge in [0.05, 0.1) is 62.4 Å². The first-order valence-corrected chi connectivity index (χ1v) is 15.1. The van der Waals surface area contributed by atoms with E-state index in [1.165, 1.54) is 0 Å². The van der Waals surface area contributed by atoms with Gasteiger partial charge in [-0.3, -0.25) is 4.98 Å². The summed E-state index contributed by atoms with van der Waals surface area (Å²) in [4.78, 5) is 9.07. The van der Waals surface area contributed by atoms with Gasteiger partial charge in [0.2, 0.25) is 0 Å². The second-order valence-corrected chi connectivity index (χ2v) is 11.5. The van der Waals surface area contributed by atoms with Crippen LogP contribution in [0.4, 0.5) is 11.4 Å². The van der Waals surface area contributed by atoms with Crippen molar-refractivity contribution in [2.75, 3.05) is 10.6 Å². The van der Waals surface area contributed by atoms with E-state index in [1.54, 1.807) is 17.5 Å². The Morgan fingerprint density at radius 3 is 2.60 bits per heavy atom. The van der Waals surface area contributed by atoms with Crippen LogP contribution in [-0.2, 0) is 0 Å². The summed E-state index contributed by atoms with van der Waals surface area (Å²) >= 11 is 1.58. The smallest absolute Gasteiger partial charge is 0.110 e. The Labute approximate surface area is 252 Å². The van der Waals surface area contributed by atoms with Crippen molar-refractivity contribution in [3.05, 3.63) is 107 Å². The Hall–Kier alpha value is -5.32. The molecule has 1 fully saturated rings. The van der Waals surface area contributed by atoms with Gasteiger partial charge in [-0.05, 0) is 48.6 Å². The predicted octanol–water partition coefficient (Wildman–Crippen LogP) is 7.28. The van der Waals surface area contributed by atoms with E-state index in [0.29, 0.717) is 39.4 Å². The number of hydrogen-bond acceptors (Lipinski definition) is 9. The highest BCUT2D eigenvalue weighted by Gasteiger charge is 2.28. The quantitative estimate of drug-likeness (QED) is 0.182. The largest absolute Gasteiger partial charge is 0.377 e. The van der Waals surface area contributed by atoms with Crippen molar-refractivity contribution in [2.24, 2.45) is 0 Å². The number of fused-ring (bicyclic) bond motifs is 2. The third kappa shape index (κ3) is 5.03. The van der Waals surface area contributed by atoms with E-state index in [0.717, 1.165) is 46.3 Å². The maximum Gasteiger partial charge on any atom is 0.110 e. The molecule has 3 aromatic carbocycles. The molecule has 2 atom stereocenters. The Morgan fingerprint density at radius 1 is 1.00 bits per heavy atom. The Balaban J connectivity index is 1.36. The normalized spacial score (nSPS) is 14.2.